The lowest BCUT2D eigenvalue weighted by Gasteiger charge is -2.24. The minimum Gasteiger partial charge on any atom is -0.444 e. The van der Waals surface area contributed by atoms with Crippen molar-refractivity contribution in [2.45, 2.75) is 60.5 Å². The Morgan fingerprint density at radius 1 is 1.10 bits per heavy atom. The van der Waals surface area contributed by atoms with Crippen LogP contribution in [-0.4, -0.2) is 31.3 Å². The van der Waals surface area contributed by atoms with Crippen molar-refractivity contribution >= 4 is 6.09 Å². The lowest BCUT2D eigenvalue weighted by molar-refractivity contribution is 0.0515. The number of hydrogen-bond donors (Lipinski definition) is 2. The maximum absolute atomic E-state index is 11.7. The summed E-state index contributed by atoms with van der Waals surface area (Å²) < 4.78 is 5.25. The number of nitrogens with one attached hydrogen (secondary N) is 2. The Balaban J connectivity index is 4.00. The van der Waals surface area contributed by atoms with E-state index in [1.54, 1.807) is 0 Å². The highest BCUT2D eigenvalue weighted by Crippen LogP contribution is 2.10. The maximum atomic E-state index is 11.7. The summed E-state index contributed by atoms with van der Waals surface area (Å²) in [5, 5.41) is 6.35. The van der Waals surface area contributed by atoms with E-state index < -0.39 is 5.60 Å². The van der Waals surface area contributed by atoms with Crippen molar-refractivity contribution < 1.29 is 9.53 Å². The first kappa shape index (κ1) is 19.2. The lowest BCUT2D eigenvalue weighted by atomic mass is 9.95. The molecule has 0 aliphatic carbocycles. The van der Waals surface area contributed by atoms with Gasteiger partial charge in [0.1, 0.15) is 5.60 Å². The van der Waals surface area contributed by atoms with Gasteiger partial charge in [-0.05, 0) is 58.0 Å². The van der Waals surface area contributed by atoms with Crippen molar-refractivity contribution in [3.63, 3.8) is 0 Å². The van der Waals surface area contributed by atoms with E-state index in [1.165, 1.54) is 6.42 Å². The van der Waals surface area contributed by atoms with Crippen molar-refractivity contribution in [1.82, 2.24) is 10.6 Å². The molecule has 0 rings (SSSR count). The van der Waals surface area contributed by atoms with Gasteiger partial charge in [-0.15, -0.1) is 0 Å². The molecule has 20 heavy (non-hydrogen) atoms. The molecular formula is C16H34N2O2. The second-order valence-corrected chi connectivity index (χ2v) is 7.27. The van der Waals surface area contributed by atoms with Gasteiger partial charge in [0, 0.05) is 6.54 Å². The van der Waals surface area contributed by atoms with Crippen LogP contribution in [0.5, 0.6) is 0 Å². The molecular weight excluding hydrogens is 252 g/mol. The smallest absolute Gasteiger partial charge is 0.407 e. The predicted octanol–water partition coefficient (Wildman–Crippen LogP) is 3.42. The maximum Gasteiger partial charge on any atom is 0.407 e. The molecule has 0 aromatic rings. The van der Waals surface area contributed by atoms with Gasteiger partial charge < -0.3 is 15.4 Å². The van der Waals surface area contributed by atoms with Gasteiger partial charge in [0.15, 0.2) is 0 Å². The van der Waals surface area contributed by atoms with Gasteiger partial charge in [0.25, 0.3) is 0 Å². The summed E-state index contributed by atoms with van der Waals surface area (Å²) in [7, 11) is 0. The Hall–Kier alpha value is -0.770. The molecule has 1 atom stereocenters. The molecule has 0 radical (unpaired) electrons. The molecule has 0 aromatic carbocycles. The summed E-state index contributed by atoms with van der Waals surface area (Å²) in [4.78, 5) is 11.7. The summed E-state index contributed by atoms with van der Waals surface area (Å²) in [6, 6.07) is 0. The van der Waals surface area contributed by atoms with E-state index in [0.29, 0.717) is 18.4 Å². The fourth-order valence-electron chi connectivity index (χ4n) is 1.75. The predicted molar refractivity (Wildman–Crippen MR) is 84.9 cm³/mol. The lowest BCUT2D eigenvalue weighted by Crippen LogP contribution is -2.39. The molecule has 4 nitrogen and oxygen atoms in total. The van der Waals surface area contributed by atoms with Gasteiger partial charge in [0.05, 0.1) is 0 Å². The van der Waals surface area contributed by atoms with E-state index in [1.807, 2.05) is 20.8 Å². The molecule has 0 saturated heterocycles. The normalized spacial score (nSPS) is 13.7. The van der Waals surface area contributed by atoms with E-state index in [9.17, 15) is 4.79 Å². The molecule has 0 heterocycles. The average molecular weight is 286 g/mol. The molecule has 0 aliphatic rings. The van der Waals surface area contributed by atoms with Crippen LogP contribution in [0.3, 0.4) is 0 Å². The van der Waals surface area contributed by atoms with E-state index in [2.05, 4.69) is 38.3 Å². The highest BCUT2D eigenvalue weighted by atomic mass is 16.6. The molecule has 0 aromatic heterocycles. The Morgan fingerprint density at radius 2 is 1.70 bits per heavy atom. The van der Waals surface area contributed by atoms with Crippen LogP contribution in [0.1, 0.15) is 54.9 Å². The number of amides is 1. The van der Waals surface area contributed by atoms with Crippen molar-refractivity contribution in [1.29, 1.82) is 0 Å². The topological polar surface area (TPSA) is 50.4 Å². The quantitative estimate of drug-likeness (QED) is 0.672. The Labute approximate surface area is 125 Å². The van der Waals surface area contributed by atoms with Crippen LogP contribution in [0, 0.1) is 17.8 Å². The largest absolute Gasteiger partial charge is 0.444 e. The zero-order valence-corrected chi connectivity index (χ0v) is 14.4. The van der Waals surface area contributed by atoms with Crippen LogP contribution in [-0.2, 0) is 4.74 Å². The molecule has 1 amide bonds. The minimum absolute atomic E-state index is 0.328. The Bertz CT molecular complexity index is 270. The third-order valence-electron chi connectivity index (χ3n) is 3.16. The molecule has 1 unspecified atom stereocenters. The second kappa shape index (κ2) is 9.22. The van der Waals surface area contributed by atoms with E-state index in [0.717, 1.165) is 19.0 Å². The molecule has 0 fully saturated rings. The minimum atomic E-state index is -0.438. The number of hydrogen-bond acceptors (Lipinski definition) is 3. The van der Waals surface area contributed by atoms with Gasteiger partial charge in [-0.25, -0.2) is 4.79 Å². The molecule has 0 bridgehead atoms. The number of alkyl carbamates (subject to hydrolysis) is 1. The number of rotatable bonds is 8. The summed E-state index contributed by atoms with van der Waals surface area (Å²) >= 11 is 0. The van der Waals surface area contributed by atoms with Gasteiger partial charge in [0.2, 0.25) is 0 Å². The molecule has 0 spiro atoms. The van der Waals surface area contributed by atoms with Gasteiger partial charge in [-0.3, -0.25) is 0 Å². The standard InChI is InChI=1S/C16H34N2O2/c1-12(2)8-9-17-10-14(13(3)4)11-18-15(19)20-16(5,6)7/h12-14,17H,8-11H2,1-7H3,(H,18,19). The van der Waals surface area contributed by atoms with Crippen LogP contribution >= 0.6 is 0 Å². The van der Waals surface area contributed by atoms with Crippen LogP contribution in [0.15, 0.2) is 0 Å². The fraction of sp³-hybridized carbons (Fsp3) is 0.938. The molecule has 0 saturated carbocycles. The molecule has 120 valence electrons. The Kier molecular flexibility index (Phi) is 8.86. The molecule has 2 N–H and O–H groups in total. The third-order valence-corrected chi connectivity index (χ3v) is 3.16. The summed E-state index contributed by atoms with van der Waals surface area (Å²) in [6.07, 6.45) is 0.856. The van der Waals surface area contributed by atoms with E-state index in [4.69, 9.17) is 4.74 Å². The first-order valence-corrected chi connectivity index (χ1v) is 7.79. The molecule has 0 aliphatic heterocycles. The van der Waals surface area contributed by atoms with Gasteiger partial charge >= 0.3 is 6.09 Å². The molecule has 4 heteroatoms. The zero-order chi connectivity index (χ0) is 15.8. The number of carbonyl (C=O) groups is 1. The number of carbonyl (C=O) groups excluding carboxylic acids is 1. The Morgan fingerprint density at radius 3 is 2.15 bits per heavy atom. The number of ether oxygens (including phenoxy) is 1. The highest BCUT2D eigenvalue weighted by molar-refractivity contribution is 5.67. The van der Waals surface area contributed by atoms with Gasteiger partial charge in [-0.2, -0.15) is 0 Å². The summed E-state index contributed by atoms with van der Waals surface area (Å²) in [6.45, 7) is 17.1. The van der Waals surface area contributed by atoms with Crippen molar-refractivity contribution in [3.05, 3.63) is 0 Å². The van der Waals surface area contributed by atoms with E-state index >= 15 is 0 Å². The van der Waals surface area contributed by atoms with E-state index in [-0.39, 0.29) is 6.09 Å². The second-order valence-electron chi connectivity index (χ2n) is 7.27. The third kappa shape index (κ3) is 11.1. The average Bonchev–Trinajstić information content (AvgIpc) is 2.24. The van der Waals surface area contributed by atoms with Crippen LogP contribution in [0.2, 0.25) is 0 Å². The van der Waals surface area contributed by atoms with Crippen LogP contribution in [0.25, 0.3) is 0 Å². The zero-order valence-electron chi connectivity index (χ0n) is 14.4. The van der Waals surface area contributed by atoms with Crippen LogP contribution in [0.4, 0.5) is 4.79 Å². The first-order chi connectivity index (χ1) is 9.11. The van der Waals surface area contributed by atoms with Crippen molar-refractivity contribution in [3.8, 4) is 0 Å². The summed E-state index contributed by atoms with van der Waals surface area (Å²) in [5.41, 5.74) is -0.438. The van der Waals surface area contributed by atoms with Crippen LogP contribution < -0.4 is 10.6 Å². The first-order valence-electron chi connectivity index (χ1n) is 7.79. The fourth-order valence-corrected chi connectivity index (χ4v) is 1.75. The van der Waals surface area contributed by atoms with Crippen molar-refractivity contribution in [2.75, 3.05) is 19.6 Å². The summed E-state index contributed by atoms with van der Waals surface area (Å²) in [5.74, 6) is 1.67. The van der Waals surface area contributed by atoms with Gasteiger partial charge in [-0.1, -0.05) is 27.7 Å². The van der Waals surface area contributed by atoms with Crippen molar-refractivity contribution in [2.24, 2.45) is 17.8 Å². The monoisotopic (exact) mass is 286 g/mol. The highest BCUT2D eigenvalue weighted by Gasteiger charge is 2.18. The SMILES string of the molecule is CC(C)CCNCC(CNC(=O)OC(C)(C)C)C(C)C.